The molecule has 0 heterocycles. The Labute approximate surface area is 372 Å². The van der Waals surface area contributed by atoms with E-state index < -0.39 is 13.9 Å². The summed E-state index contributed by atoms with van der Waals surface area (Å²) >= 11 is 0. The zero-order chi connectivity index (χ0) is 44.1. The van der Waals surface area contributed by atoms with E-state index in [0.717, 1.165) is 57.8 Å². The van der Waals surface area contributed by atoms with Gasteiger partial charge in [0.2, 0.25) is 0 Å². The van der Waals surface area contributed by atoms with Crippen LogP contribution in [0.25, 0.3) is 0 Å². The maximum Gasteiger partial charge on any atom is 0.472 e. The summed E-state index contributed by atoms with van der Waals surface area (Å²) in [5, 5.41) is 0. The van der Waals surface area contributed by atoms with Gasteiger partial charge in [0.1, 0.15) is 19.3 Å². The predicted octanol–water partition coefficient (Wildman–Crippen LogP) is 15.3. The second kappa shape index (κ2) is 44.3. The molecule has 0 rings (SSSR count). The first-order chi connectivity index (χ1) is 29.1. The Hall–Kier alpha value is -1.28. The summed E-state index contributed by atoms with van der Waals surface area (Å²) in [5.41, 5.74) is 0. The third kappa shape index (κ3) is 47.8. The molecule has 9 heteroatoms. The molecule has 0 bridgehead atoms. The fraction of sp³-hybridized carbons (Fsp3) is 0.863. The minimum Gasteiger partial charge on any atom is -0.457 e. The summed E-state index contributed by atoms with van der Waals surface area (Å²) < 4.78 is 35.1. The first-order valence-corrected chi connectivity index (χ1v) is 26.7. The lowest BCUT2D eigenvalue weighted by Crippen LogP contribution is -2.37. The lowest BCUT2D eigenvalue weighted by Gasteiger charge is -2.24. The molecular formula is C51H99NO7P+. The van der Waals surface area contributed by atoms with E-state index in [1.54, 1.807) is 0 Å². The van der Waals surface area contributed by atoms with Crippen LogP contribution in [0.3, 0.4) is 0 Å². The van der Waals surface area contributed by atoms with Gasteiger partial charge in [-0.05, 0) is 44.9 Å². The Kier molecular flexibility index (Phi) is 43.4. The van der Waals surface area contributed by atoms with Crippen molar-refractivity contribution < 1.29 is 37.3 Å². The molecule has 0 spiro atoms. The van der Waals surface area contributed by atoms with Crippen molar-refractivity contribution in [1.29, 1.82) is 0 Å². The SMILES string of the molecule is CC/C=C\C/C=C\C/C=C\CCCCCCCCOCC(COP(=O)(O)OCC[N+](C)(C)C)OC(=O)CCCCCCCCCCCCCCCCCCCCCCCC. The first-order valence-electron chi connectivity index (χ1n) is 25.2. The zero-order valence-corrected chi connectivity index (χ0v) is 41.1. The van der Waals surface area contributed by atoms with E-state index in [1.165, 1.54) is 148 Å². The van der Waals surface area contributed by atoms with Gasteiger partial charge in [0, 0.05) is 13.0 Å². The van der Waals surface area contributed by atoms with Crippen LogP contribution in [0.4, 0.5) is 0 Å². The molecule has 0 aliphatic rings. The van der Waals surface area contributed by atoms with Gasteiger partial charge in [-0.15, -0.1) is 0 Å². The van der Waals surface area contributed by atoms with E-state index >= 15 is 0 Å². The second-order valence-electron chi connectivity index (χ2n) is 18.2. The number of phosphoric acid groups is 1. The van der Waals surface area contributed by atoms with Crippen molar-refractivity contribution in [2.45, 2.75) is 232 Å². The minimum atomic E-state index is -4.28. The molecule has 0 aliphatic carbocycles. The van der Waals surface area contributed by atoms with Crippen LogP contribution in [-0.4, -0.2) is 75.6 Å². The van der Waals surface area contributed by atoms with Crippen LogP contribution < -0.4 is 0 Å². The van der Waals surface area contributed by atoms with Crippen molar-refractivity contribution in [3.63, 3.8) is 0 Å². The highest BCUT2D eigenvalue weighted by Crippen LogP contribution is 2.43. The van der Waals surface area contributed by atoms with Crippen LogP contribution in [0.2, 0.25) is 0 Å². The van der Waals surface area contributed by atoms with Crippen LogP contribution in [0, 0.1) is 0 Å². The van der Waals surface area contributed by atoms with Crippen LogP contribution in [0.5, 0.6) is 0 Å². The number of hydrogen-bond donors (Lipinski definition) is 1. The van der Waals surface area contributed by atoms with Crippen molar-refractivity contribution in [2.24, 2.45) is 0 Å². The molecule has 60 heavy (non-hydrogen) atoms. The number of allylic oxidation sites excluding steroid dienone is 6. The van der Waals surface area contributed by atoms with Crippen molar-refractivity contribution in [2.75, 3.05) is 54.1 Å². The van der Waals surface area contributed by atoms with Gasteiger partial charge < -0.3 is 18.9 Å². The highest BCUT2D eigenvalue weighted by Gasteiger charge is 2.26. The molecule has 2 atom stereocenters. The summed E-state index contributed by atoms with van der Waals surface area (Å²) in [5.74, 6) is -0.315. The number of rotatable bonds is 47. The molecule has 0 radical (unpaired) electrons. The number of carbonyl (C=O) groups excluding carboxylic acids is 1. The van der Waals surface area contributed by atoms with Gasteiger partial charge in [-0.2, -0.15) is 0 Å². The molecule has 0 saturated heterocycles. The van der Waals surface area contributed by atoms with Crippen molar-refractivity contribution >= 4 is 13.8 Å². The van der Waals surface area contributed by atoms with Gasteiger partial charge in [0.05, 0.1) is 34.4 Å². The quantitative estimate of drug-likeness (QED) is 0.0214. The molecule has 8 nitrogen and oxygen atoms in total. The monoisotopic (exact) mass is 869 g/mol. The largest absolute Gasteiger partial charge is 0.472 e. The van der Waals surface area contributed by atoms with Gasteiger partial charge >= 0.3 is 13.8 Å². The van der Waals surface area contributed by atoms with E-state index in [1.807, 2.05) is 21.1 Å². The Morgan fingerprint density at radius 1 is 0.533 bits per heavy atom. The number of quaternary nitrogens is 1. The van der Waals surface area contributed by atoms with Crippen LogP contribution in [-0.2, 0) is 27.9 Å². The molecule has 0 fully saturated rings. The normalized spacial score (nSPS) is 13.9. The molecule has 0 aromatic carbocycles. The molecule has 0 saturated carbocycles. The number of phosphoric ester groups is 1. The zero-order valence-electron chi connectivity index (χ0n) is 40.2. The number of carbonyl (C=O) groups is 1. The molecule has 0 aromatic heterocycles. The average Bonchev–Trinajstić information content (AvgIpc) is 3.20. The molecule has 0 amide bonds. The van der Waals surface area contributed by atoms with E-state index in [-0.39, 0.29) is 25.8 Å². The van der Waals surface area contributed by atoms with Gasteiger partial charge in [0.25, 0.3) is 0 Å². The van der Waals surface area contributed by atoms with E-state index in [9.17, 15) is 14.3 Å². The molecule has 0 aliphatic heterocycles. The lowest BCUT2D eigenvalue weighted by molar-refractivity contribution is -0.870. The van der Waals surface area contributed by atoms with E-state index in [0.29, 0.717) is 24.1 Å². The first kappa shape index (κ1) is 58.7. The summed E-state index contributed by atoms with van der Waals surface area (Å²) in [7, 11) is 1.66. The maximum atomic E-state index is 12.8. The average molecular weight is 869 g/mol. The third-order valence-corrected chi connectivity index (χ3v) is 12.0. The number of ether oxygens (including phenoxy) is 2. The molecular weight excluding hydrogens is 770 g/mol. The van der Waals surface area contributed by atoms with E-state index in [4.69, 9.17) is 18.5 Å². The highest BCUT2D eigenvalue weighted by molar-refractivity contribution is 7.47. The van der Waals surface area contributed by atoms with Crippen molar-refractivity contribution in [3.8, 4) is 0 Å². The maximum absolute atomic E-state index is 12.8. The predicted molar refractivity (Wildman–Crippen MR) is 256 cm³/mol. The fourth-order valence-electron chi connectivity index (χ4n) is 7.10. The van der Waals surface area contributed by atoms with Crippen LogP contribution in [0.15, 0.2) is 36.5 Å². The lowest BCUT2D eigenvalue weighted by atomic mass is 10.0. The molecule has 1 N–H and O–H groups in total. The molecule has 2 unspecified atom stereocenters. The summed E-state index contributed by atoms with van der Waals surface area (Å²) in [4.78, 5) is 23.0. The standard InChI is InChI=1S/C51H98NO7P/c1-6-8-10-12-14-16-18-20-22-24-25-26-27-28-29-30-32-34-36-38-40-42-44-51(53)59-50(49-58-60(54,55)57-47-45-52(3,4)5)48-56-46-43-41-39-37-35-33-31-23-21-19-17-15-13-11-9-7-2/h9,11,15,17,21,23,50H,6-8,10,12-14,16,18-20,22,24-49H2,1-5H3/p+1/b11-9-,17-15-,23-21-. The van der Waals surface area contributed by atoms with Crippen molar-refractivity contribution in [1.82, 2.24) is 0 Å². The smallest absolute Gasteiger partial charge is 0.457 e. The van der Waals surface area contributed by atoms with E-state index in [2.05, 4.69) is 50.3 Å². The van der Waals surface area contributed by atoms with Gasteiger partial charge in [-0.25, -0.2) is 4.57 Å². The topological polar surface area (TPSA) is 91.3 Å². The number of hydrogen-bond acceptors (Lipinski definition) is 6. The second-order valence-corrected chi connectivity index (χ2v) is 19.6. The Morgan fingerprint density at radius 3 is 1.45 bits per heavy atom. The molecule has 0 aromatic rings. The van der Waals surface area contributed by atoms with Crippen LogP contribution >= 0.6 is 7.82 Å². The minimum absolute atomic E-state index is 0.0868. The molecule has 354 valence electrons. The number of likely N-dealkylation sites (N-methyl/N-ethyl adjacent to an activating group) is 1. The van der Waals surface area contributed by atoms with Gasteiger partial charge in [-0.3, -0.25) is 13.8 Å². The Balaban J connectivity index is 4.11. The van der Waals surface area contributed by atoms with Gasteiger partial charge in [-0.1, -0.05) is 211 Å². The summed E-state index contributed by atoms with van der Waals surface area (Å²) in [6.45, 7) is 5.52. The third-order valence-electron chi connectivity index (χ3n) is 11.0. The van der Waals surface area contributed by atoms with Gasteiger partial charge in [0.15, 0.2) is 0 Å². The summed E-state index contributed by atoms with van der Waals surface area (Å²) in [6.07, 6.45) is 53.3. The number of unbranched alkanes of at least 4 members (excludes halogenated alkanes) is 27. The highest BCUT2D eigenvalue weighted by atomic mass is 31.2. The number of esters is 1. The fourth-order valence-corrected chi connectivity index (χ4v) is 7.84. The Morgan fingerprint density at radius 2 is 0.967 bits per heavy atom. The number of nitrogens with zero attached hydrogens (tertiary/aromatic N) is 1. The Bertz CT molecular complexity index is 1060. The van der Waals surface area contributed by atoms with Crippen LogP contribution in [0.1, 0.15) is 226 Å². The summed E-state index contributed by atoms with van der Waals surface area (Å²) in [6, 6.07) is 0. The van der Waals surface area contributed by atoms with Crippen molar-refractivity contribution in [3.05, 3.63) is 36.5 Å².